The molecule has 0 aliphatic carbocycles. The van der Waals surface area contributed by atoms with Crippen LogP contribution in [0.4, 0.5) is 5.69 Å². The quantitative estimate of drug-likeness (QED) is 0.698. The Balaban J connectivity index is 1.45. The number of furan rings is 1. The SMILES string of the molecule is C[C@@H]1Oc2ccccc2O[C@H]1C(=O)Nc1c(C(=O)N2CCOCC2)oc2ccccc12. The van der Waals surface area contributed by atoms with E-state index in [1.807, 2.05) is 30.3 Å². The second-order valence-electron chi connectivity index (χ2n) is 7.50. The third-order valence-corrected chi connectivity index (χ3v) is 5.44. The smallest absolute Gasteiger partial charge is 0.291 e. The minimum Gasteiger partial charge on any atom is -0.482 e. The van der Waals surface area contributed by atoms with Crippen LogP contribution in [-0.2, 0) is 9.53 Å². The Labute approximate surface area is 178 Å². The molecule has 3 heterocycles. The molecule has 2 aromatic carbocycles. The first-order valence-corrected chi connectivity index (χ1v) is 10.2. The second kappa shape index (κ2) is 7.96. The minimum absolute atomic E-state index is 0.0984. The highest BCUT2D eigenvalue weighted by Gasteiger charge is 2.36. The van der Waals surface area contributed by atoms with Crippen molar-refractivity contribution < 1.29 is 28.2 Å². The first-order valence-electron chi connectivity index (χ1n) is 10.2. The van der Waals surface area contributed by atoms with Crippen molar-refractivity contribution in [3.05, 3.63) is 54.3 Å². The molecule has 8 heteroatoms. The summed E-state index contributed by atoms with van der Waals surface area (Å²) in [4.78, 5) is 28.0. The lowest BCUT2D eigenvalue weighted by Gasteiger charge is -2.31. The van der Waals surface area contributed by atoms with Crippen molar-refractivity contribution >= 4 is 28.5 Å². The van der Waals surface area contributed by atoms with Gasteiger partial charge in [0, 0.05) is 18.5 Å². The average molecular weight is 422 g/mol. The summed E-state index contributed by atoms with van der Waals surface area (Å²) in [6.07, 6.45) is -1.39. The van der Waals surface area contributed by atoms with Gasteiger partial charge in [-0.05, 0) is 31.2 Å². The standard InChI is InChI=1S/C23H22N2O6/c1-14-20(31-18-9-5-4-8-17(18)29-14)22(26)24-19-15-6-2-3-7-16(15)30-21(19)23(27)25-10-12-28-13-11-25/h2-9,14,20H,10-13H2,1H3,(H,24,26)/t14-,20+/m0/s1. The number of para-hydroxylation sites is 3. The van der Waals surface area contributed by atoms with Crippen molar-refractivity contribution in [3.63, 3.8) is 0 Å². The number of carbonyl (C=O) groups is 2. The summed E-state index contributed by atoms with van der Waals surface area (Å²) in [6, 6.07) is 14.4. The Hall–Kier alpha value is -3.52. The lowest BCUT2D eigenvalue weighted by Crippen LogP contribution is -2.46. The number of nitrogens with one attached hydrogen (secondary N) is 1. The van der Waals surface area contributed by atoms with Crippen LogP contribution in [-0.4, -0.2) is 55.2 Å². The number of fused-ring (bicyclic) bond motifs is 2. The molecule has 1 saturated heterocycles. The highest BCUT2D eigenvalue weighted by atomic mass is 16.6. The maximum atomic E-state index is 13.2. The fourth-order valence-corrected chi connectivity index (χ4v) is 3.83. The maximum Gasteiger partial charge on any atom is 0.291 e. The van der Waals surface area contributed by atoms with Gasteiger partial charge in [0.25, 0.3) is 11.8 Å². The van der Waals surface area contributed by atoms with Crippen LogP contribution in [0.3, 0.4) is 0 Å². The van der Waals surface area contributed by atoms with E-state index in [0.29, 0.717) is 54.5 Å². The number of rotatable bonds is 3. The molecule has 1 fully saturated rings. The van der Waals surface area contributed by atoms with Crippen molar-refractivity contribution in [3.8, 4) is 11.5 Å². The van der Waals surface area contributed by atoms with Gasteiger partial charge in [0.05, 0.1) is 13.2 Å². The molecule has 8 nitrogen and oxygen atoms in total. The summed E-state index contributed by atoms with van der Waals surface area (Å²) in [6.45, 7) is 3.65. The van der Waals surface area contributed by atoms with Gasteiger partial charge >= 0.3 is 0 Å². The molecule has 0 bridgehead atoms. The van der Waals surface area contributed by atoms with Crippen LogP contribution in [0.1, 0.15) is 17.5 Å². The van der Waals surface area contributed by atoms with E-state index in [9.17, 15) is 9.59 Å². The van der Waals surface area contributed by atoms with Gasteiger partial charge in [0.2, 0.25) is 11.9 Å². The fraction of sp³-hybridized carbons (Fsp3) is 0.304. The third-order valence-electron chi connectivity index (χ3n) is 5.44. The van der Waals surface area contributed by atoms with Gasteiger partial charge < -0.3 is 28.8 Å². The lowest BCUT2D eigenvalue weighted by molar-refractivity contribution is -0.128. The maximum absolute atomic E-state index is 13.2. The molecule has 3 aromatic rings. The zero-order valence-corrected chi connectivity index (χ0v) is 17.0. The molecule has 1 N–H and O–H groups in total. The monoisotopic (exact) mass is 422 g/mol. The number of hydrogen-bond acceptors (Lipinski definition) is 6. The van der Waals surface area contributed by atoms with Gasteiger partial charge in [0.1, 0.15) is 17.4 Å². The van der Waals surface area contributed by atoms with Crippen LogP contribution < -0.4 is 14.8 Å². The van der Waals surface area contributed by atoms with Crippen LogP contribution in [0.15, 0.2) is 52.9 Å². The molecule has 2 atom stereocenters. The van der Waals surface area contributed by atoms with E-state index < -0.39 is 18.1 Å². The van der Waals surface area contributed by atoms with Gasteiger partial charge in [-0.3, -0.25) is 9.59 Å². The number of nitrogens with zero attached hydrogens (tertiary/aromatic N) is 1. The molecule has 2 aliphatic rings. The first-order chi connectivity index (χ1) is 15.1. The molecular formula is C23H22N2O6. The number of hydrogen-bond donors (Lipinski definition) is 1. The van der Waals surface area contributed by atoms with Crippen LogP contribution in [0.2, 0.25) is 0 Å². The van der Waals surface area contributed by atoms with Crippen LogP contribution >= 0.6 is 0 Å². The van der Waals surface area contributed by atoms with Crippen molar-refractivity contribution in [2.45, 2.75) is 19.1 Å². The number of morpholine rings is 1. The summed E-state index contributed by atoms with van der Waals surface area (Å²) in [5.74, 6) is 0.498. The summed E-state index contributed by atoms with van der Waals surface area (Å²) in [7, 11) is 0. The van der Waals surface area contributed by atoms with E-state index in [4.69, 9.17) is 18.6 Å². The van der Waals surface area contributed by atoms with Crippen LogP contribution in [0.5, 0.6) is 11.5 Å². The normalized spacial score (nSPS) is 20.5. The topological polar surface area (TPSA) is 90.2 Å². The van der Waals surface area contributed by atoms with E-state index in [1.54, 1.807) is 30.0 Å². The van der Waals surface area contributed by atoms with E-state index in [0.717, 1.165) is 0 Å². The van der Waals surface area contributed by atoms with E-state index in [1.165, 1.54) is 0 Å². The molecule has 160 valence electrons. The van der Waals surface area contributed by atoms with Crippen molar-refractivity contribution in [2.75, 3.05) is 31.6 Å². The number of benzene rings is 2. The molecule has 2 amide bonds. The minimum atomic E-state index is -0.880. The number of ether oxygens (including phenoxy) is 3. The van der Waals surface area contributed by atoms with Gasteiger partial charge in [0.15, 0.2) is 11.5 Å². The lowest BCUT2D eigenvalue weighted by atomic mass is 10.1. The van der Waals surface area contributed by atoms with Gasteiger partial charge in [-0.1, -0.05) is 24.3 Å². The predicted octanol–water partition coefficient (Wildman–Crippen LogP) is 3.07. The number of anilines is 1. The summed E-state index contributed by atoms with van der Waals surface area (Å²) in [5.41, 5.74) is 0.861. The van der Waals surface area contributed by atoms with E-state index >= 15 is 0 Å². The predicted molar refractivity (Wildman–Crippen MR) is 113 cm³/mol. The molecular weight excluding hydrogens is 400 g/mol. The zero-order chi connectivity index (χ0) is 21.4. The Kier molecular flexibility index (Phi) is 4.99. The molecule has 31 heavy (non-hydrogen) atoms. The van der Waals surface area contributed by atoms with Crippen LogP contribution in [0, 0.1) is 0 Å². The molecule has 0 unspecified atom stereocenters. The molecule has 5 rings (SSSR count). The molecule has 2 aliphatic heterocycles. The van der Waals surface area contributed by atoms with Gasteiger partial charge in [-0.2, -0.15) is 0 Å². The van der Waals surface area contributed by atoms with Gasteiger partial charge in [-0.25, -0.2) is 0 Å². The first kappa shape index (κ1) is 19.4. The Morgan fingerprint density at radius 2 is 1.65 bits per heavy atom. The van der Waals surface area contributed by atoms with Gasteiger partial charge in [-0.15, -0.1) is 0 Å². The van der Waals surface area contributed by atoms with Crippen molar-refractivity contribution in [1.29, 1.82) is 0 Å². The van der Waals surface area contributed by atoms with Crippen molar-refractivity contribution in [1.82, 2.24) is 4.90 Å². The Morgan fingerprint density at radius 1 is 0.968 bits per heavy atom. The highest BCUT2D eigenvalue weighted by molar-refractivity contribution is 6.11. The zero-order valence-electron chi connectivity index (χ0n) is 17.0. The van der Waals surface area contributed by atoms with Crippen LogP contribution in [0.25, 0.3) is 11.0 Å². The molecule has 1 aromatic heterocycles. The Morgan fingerprint density at radius 3 is 2.42 bits per heavy atom. The van der Waals surface area contributed by atoms with E-state index in [-0.39, 0.29) is 11.7 Å². The summed E-state index contributed by atoms with van der Waals surface area (Å²) in [5, 5.41) is 3.52. The van der Waals surface area contributed by atoms with E-state index in [2.05, 4.69) is 5.32 Å². The summed E-state index contributed by atoms with van der Waals surface area (Å²) < 4.78 is 23.0. The molecule has 0 radical (unpaired) electrons. The number of amides is 2. The highest BCUT2D eigenvalue weighted by Crippen LogP contribution is 2.35. The molecule has 0 spiro atoms. The molecule has 0 saturated carbocycles. The second-order valence-corrected chi connectivity index (χ2v) is 7.50. The third kappa shape index (κ3) is 3.59. The fourth-order valence-electron chi connectivity index (χ4n) is 3.83. The number of carbonyl (C=O) groups excluding carboxylic acids is 2. The summed E-state index contributed by atoms with van der Waals surface area (Å²) >= 11 is 0. The Bertz CT molecular complexity index is 1130. The van der Waals surface area contributed by atoms with Crippen molar-refractivity contribution in [2.24, 2.45) is 0 Å². The average Bonchev–Trinajstić information content (AvgIpc) is 3.17. The largest absolute Gasteiger partial charge is 0.482 e.